The topological polar surface area (TPSA) is 91.3 Å². The molecule has 0 bridgehead atoms. The Morgan fingerprint density at radius 3 is 2.14 bits per heavy atom. The second-order valence-corrected chi connectivity index (χ2v) is 8.57. The summed E-state index contributed by atoms with van der Waals surface area (Å²) in [7, 11) is 1.35. The van der Waals surface area contributed by atoms with Gasteiger partial charge in [-0.05, 0) is 79.4 Å². The van der Waals surface area contributed by atoms with E-state index >= 15 is 0 Å². The van der Waals surface area contributed by atoms with Crippen molar-refractivity contribution in [3.05, 3.63) is 76.9 Å². The molecule has 0 saturated heterocycles. The summed E-state index contributed by atoms with van der Waals surface area (Å²) in [6, 6.07) is 15.7. The number of benzene rings is 3. The van der Waals surface area contributed by atoms with E-state index in [1.807, 2.05) is 25.1 Å². The normalized spacial score (nSPS) is 10.6. The molecule has 0 aliphatic heterocycles. The van der Waals surface area contributed by atoms with Gasteiger partial charge in [0, 0.05) is 12.5 Å². The largest absolute Gasteiger partial charge is 0.507 e. The van der Waals surface area contributed by atoms with Crippen molar-refractivity contribution in [1.82, 2.24) is 0 Å². The van der Waals surface area contributed by atoms with E-state index in [9.17, 15) is 14.7 Å². The van der Waals surface area contributed by atoms with Crippen LogP contribution < -0.4 is 14.2 Å². The number of aryl methyl sites for hydroxylation is 2. The summed E-state index contributed by atoms with van der Waals surface area (Å²) in [5, 5.41) is 10.1. The zero-order valence-electron chi connectivity index (χ0n) is 21.8. The molecule has 0 aromatic heterocycles. The lowest BCUT2D eigenvalue weighted by Gasteiger charge is -2.15. The predicted molar refractivity (Wildman–Crippen MR) is 141 cm³/mol. The molecule has 0 aliphatic carbocycles. The number of phenols is 1. The van der Waals surface area contributed by atoms with Gasteiger partial charge in [-0.1, -0.05) is 20.3 Å². The van der Waals surface area contributed by atoms with Gasteiger partial charge in [0.2, 0.25) is 0 Å². The Labute approximate surface area is 217 Å². The average molecular weight is 507 g/mol. The Balaban J connectivity index is 1.57. The number of ketones is 1. The van der Waals surface area contributed by atoms with Crippen molar-refractivity contribution in [3.63, 3.8) is 0 Å². The fraction of sp³-hybridized carbons (Fsp3) is 0.333. The lowest BCUT2D eigenvalue weighted by atomic mass is 10.0. The first kappa shape index (κ1) is 27.6. The van der Waals surface area contributed by atoms with Gasteiger partial charge in [0.1, 0.15) is 28.7 Å². The maximum absolute atomic E-state index is 11.7. The molecule has 0 spiro atoms. The minimum absolute atomic E-state index is 0.0677. The van der Waals surface area contributed by atoms with E-state index in [-0.39, 0.29) is 11.5 Å². The van der Waals surface area contributed by atoms with Crippen molar-refractivity contribution in [1.29, 1.82) is 0 Å². The van der Waals surface area contributed by atoms with Crippen LogP contribution in [0.25, 0.3) is 0 Å². The molecular formula is C30H34O7. The number of Topliss-reactive ketones (excluding diaryl/α,β-unsaturated/α-hetero) is 1. The number of ether oxygens (including phenoxy) is 4. The van der Waals surface area contributed by atoms with Crippen molar-refractivity contribution in [2.75, 3.05) is 20.3 Å². The summed E-state index contributed by atoms with van der Waals surface area (Å²) in [5.41, 5.74) is 2.70. The molecule has 37 heavy (non-hydrogen) atoms. The number of carbonyl (C=O) groups excluding carboxylic acids is 2. The van der Waals surface area contributed by atoms with Gasteiger partial charge >= 0.3 is 5.97 Å². The average Bonchev–Trinajstić information content (AvgIpc) is 2.89. The van der Waals surface area contributed by atoms with Gasteiger partial charge in [0.15, 0.2) is 5.78 Å². The first-order valence-electron chi connectivity index (χ1n) is 12.5. The highest BCUT2D eigenvalue weighted by Crippen LogP contribution is 2.31. The fourth-order valence-corrected chi connectivity index (χ4v) is 3.87. The van der Waals surface area contributed by atoms with Crippen LogP contribution in [0.1, 0.15) is 65.5 Å². The van der Waals surface area contributed by atoms with Crippen LogP contribution in [0.3, 0.4) is 0 Å². The zero-order chi connectivity index (χ0) is 26.8. The maximum Gasteiger partial charge on any atom is 0.337 e. The molecule has 1 N–H and O–H groups in total. The van der Waals surface area contributed by atoms with E-state index in [2.05, 4.69) is 6.92 Å². The molecule has 0 heterocycles. The van der Waals surface area contributed by atoms with Gasteiger partial charge < -0.3 is 24.1 Å². The van der Waals surface area contributed by atoms with E-state index in [0.717, 1.165) is 29.7 Å². The number of hydrogen-bond acceptors (Lipinski definition) is 7. The summed E-state index contributed by atoms with van der Waals surface area (Å²) in [6.45, 7) is 6.39. The molecule has 7 nitrogen and oxygen atoms in total. The first-order valence-corrected chi connectivity index (χ1v) is 12.5. The highest BCUT2D eigenvalue weighted by molar-refractivity contribution is 5.97. The van der Waals surface area contributed by atoms with Crippen LogP contribution in [0.4, 0.5) is 0 Å². The second kappa shape index (κ2) is 13.3. The van der Waals surface area contributed by atoms with Gasteiger partial charge in [0.05, 0.1) is 31.5 Å². The second-order valence-electron chi connectivity index (χ2n) is 8.57. The molecule has 0 aliphatic rings. The standard InChI is InChI=1S/C30H34O7/c1-5-8-23-17-25(37-24-11-9-22(10-12-24)30(33)34-4)13-14-28(23)35-15-7-16-36-29-19-27(32)26(20(3)31)18-21(29)6-2/h9-14,17-19,32H,5-8,15-16H2,1-4H3. The summed E-state index contributed by atoms with van der Waals surface area (Å²) in [5.74, 6) is 2.05. The smallest absolute Gasteiger partial charge is 0.337 e. The van der Waals surface area contributed by atoms with Crippen LogP contribution in [-0.4, -0.2) is 37.2 Å². The molecule has 0 saturated carbocycles. The summed E-state index contributed by atoms with van der Waals surface area (Å²) < 4.78 is 22.6. The third-order valence-electron chi connectivity index (χ3n) is 5.81. The van der Waals surface area contributed by atoms with Crippen LogP contribution in [-0.2, 0) is 17.6 Å². The van der Waals surface area contributed by atoms with E-state index in [1.54, 1.807) is 30.3 Å². The first-order chi connectivity index (χ1) is 17.9. The quantitative estimate of drug-likeness (QED) is 0.160. The van der Waals surface area contributed by atoms with E-state index in [4.69, 9.17) is 18.9 Å². The van der Waals surface area contributed by atoms with Crippen LogP contribution in [0.15, 0.2) is 54.6 Å². The number of rotatable bonds is 13. The van der Waals surface area contributed by atoms with Crippen LogP contribution in [0, 0.1) is 0 Å². The van der Waals surface area contributed by atoms with Gasteiger partial charge in [-0.3, -0.25) is 4.79 Å². The van der Waals surface area contributed by atoms with Crippen molar-refractivity contribution >= 4 is 11.8 Å². The number of methoxy groups -OCH3 is 1. The molecule has 0 fully saturated rings. The molecule has 3 rings (SSSR count). The lowest BCUT2D eigenvalue weighted by Crippen LogP contribution is -2.08. The van der Waals surface area contributed by atoms with Crippen molar-refractivity contribution in [2.24, 2.45) is 0 Å². The third kappa shape index (κ3) is 7.49. The Hall–Kier alpha value is -4.00. The number of carbonyl (C=O) groups is 2. The van der Waals surface area contributed by atoms with Crippen molar-refractivity contribution in [2.45, 2.75) is 46.5 Å². The molecule has 3 aromatic carbocycles. The van der Waals surface area contributed by atoms with Crippen LogP contribution in [0.2, 0.25) is 0 Å². The predicted octanol–water partition coefficient (Wildman–Crippen LogP) is 6.54. The highest BCUT2D eigenvalue weighted by atomic mass is 16.5. The molecule has 0 amide bonds. The van der Waals surface area contributed by atoms with Gasteiger partial charge in [-0.15, -0.1) is 0 Å². The Morgan fingerprint density at radius 1 is 0.838 bits per heavy atom. The minimum atomic E-state index is -0.390. The van der Waals surface area contributed by atoms with Gasteiger partial charge in [-0.2, -0.15) is 0 Å². The summed E-state index contributed by atoms with van der Waals surface area (Å²) in [6.07, 6.45) is 3.13. The van der Waals surface area contributed by atoms with Crippen LogP contribution in [0.5, 0.6) is 28.7 Å². The van der Waals surface area contributed by atoms with Gasteiger partial charge in [0.25, 0.3) is 0 Å². The van der Waals surface area contributed by atoms with E-state index in [0.29, 0.717) is 54.4 Å². The van der Waals surface area contributed by atoms with Crippen molar-refractivity contribution in [3.8, 4) is 28.7 Å². The maximum atomic E-state index is 11.7. The molecule has 0 unspecified atom stereocenters. The van der Waals surface area contributed by atoms with Crippen LogP contribution >= 0.6 is 0 Å². The molecule has 7 heteroatoms. The Kier molecular flexibility index (Phi) is 9.95. The number of phenolic OH excluding ortho intramolecular Hbond substituents is 1. The van der Waals surface area contributed by atoms with Crippen molar-refractivity contribution < 1.29 is 33.6 Å². The SMILES string of the molecule is CCCc1cc(Oc2ccc(C(=O)OC)cc2)ccc1OCCCOc1cc(O)c(C(C)=O)cc1CC. The Bertz CT molecular complexity index is 1220. The van der Waals surface area contributed by atoms with Gasteiger partial charge in [-0.25, -0.2) is 4.79 Å². The summed E-state index contributed by atoms with van der Waals surface area (Å²) >= 11 is 0. The minimum Gasteiger partial charge on any atom is -0.507 e. The zero-order valence-corrected chi connectivity index (χ0v) is 21.8. The molecular weight excluding hydrogens is 472 g/mol. The Morgan fingerprint density at radius 2 is 1.51 bits per heavy atom. The lowest BCUT2D eigenvalue weighted by molar-refractivity contribution is 0.0600. The monoisotopic (exact) mass is 506 g/mol. The van der Waals surface area contributed by atoms with E-state index in [1.165, 1.54) is 20.1 Å². The molecule has 0 radical (unpaired) electrons. The number of hydrogen-bond donors (Lipinski definition) is 1. The number of aromatic hydroxyl groups is 1. The molecule has 3 aromatic rings. The number of esters is 1. The van der Waals surface area contributed by atoms with E-state index < -0.39 is 5.97 Å². The summed E-state index contributed by atoms with van der Waals surface area (Å²) in [4.78, 5) is 23.3. The fourth-order valence-electron chi connectivity index (χ4n) is 3.87. The third-order valence-corrected chi connectivity index (χ3v) is 5.81. The molecule has 0 atom stereocenters. The molecule has 196 valence electrons. The highest BCUT2D eigenvalue weighted by Gasteiger charge is 2.13.